The molecule has 6 nitrogen and oxygen atoms in total. The van der Waals surface area contributed by atoms with Crippen LogP contribution in [0.2, 0.25) is 0 Å². The van der Waals surface area contributed by atoms with Crippen LogP contribution in [0.1, 0.15) is 91.4 Å². The van der Waals surface area contributed by atoms with E-state index in [1.807, 2.05) is 6.07 Å². The molecule has 5 aliphatic rings. The van der Waals surface area contributed by atoms with Crippen LogP contribution in [0.4, 0.5) is 5.82 Å². The summed E-state index contributed by atoms with van der Waals surface area (Å²) < 4.78 is 0. The van der Waals surface area contributed by atoms with E-state index in [9.17, 15) is 9.90 Å². The van der Waals surface area contributed by atoms with Gasteiger partial charge in [-0.05, 0) is 117 Å². The van der Waals surface area contributed by atoms with Crippen LogP contribution in [-0.4, -0.2) is 58.2 Å². The van der Waals surface area contributed by atoms with Gasteiger partial charge in [0.2, 0.25) is 5.91 Å². The van der Waals surface area contributed by atoms with E-state index in [2.05, 4.69) is 40.5 Å². The molecule has 1 aliphatic heterocycles. The number of aromatic nitrogens is 2. The van der Waals surface area contributed by atoms with E-state index in [1.54, 1.807) is 12.5 Å². The molecule has 1 aromatic rings. The second kappa shape index (κ2) is 10.4. The summed E-state index contributed by atoms with van der Waals surface area (Å²) in [6.07, 6.45) is 16.6. The number of aliphatic hydroxyl groups is 1. The summed E-state index contributed by atoms with van der Waals surface area (Å²) in [5.41, 5.74) is 0.904. The molecule has 4 saturated carbocycles. The van der Waals surface area contributed by atoms with E-state index in [-0.39, 0.29) is 6.10 Å². The van der Waals surface area contributed by atoms with Crippen molar-refractivity contribution in [1.82, 2.24) is 14.9 Å². The molecular weight excluding hydrogens is 472 g/mol. The molecule has 1 unspecified atom stereocenters. The van der Waals surface area contributed by atoms with E-state index >= 15 is 0 Å². The predicted molar refractivity (Wildman–Crippen MR) is 150 cm³/mol. The number of carbonyl (C=O) groups is 1. The number of hydrogen-bond acceptors (Lipinski definition) is 5. The fourth-order valence-electron chi connectivity index (χ4n) is 10.6. The summed E-state index contributed by atoms with van der Waals surface area (Å²) in [5, 5.41) is 10.3. The van der Waals surface area contributed by atoms with E-state index in [0.29, 0.717) is 29.1 Å². The molecule has 0 radical (unpaired) electrons. The molecule has 0 bridgehead atoms. The Kier molecular flexibility index (Phi) is 7.24. The van der Waals surface area contributed by atoms with E-state index < -0.39 is 0 Å². The molecule has 4 aliphatic carbocycles. The van der Waals surface area contributed by atoms with Gasteiger partial charge < -0.3 is 14.9 Å². The van der Waals surface area contributed by atoms with Crippen LogP contribution in [0.25, 0.3) is 0 Å². The van der Waals surface area contributed by atoms with Gasteiger partial charge in [-0.2, -0.15) is 0 Å². The van der Waals surface area contributed by atoms with Gasteiger partial charge in [0, 0.05) is 38.8 Å². The first kappa shape index (κ1) is 26.5. The lowest BCUT2D eigenvalue weighted by Gasteiger charge is -2.61. The van der Waals surface area contributed by atoms with Gasteiger partial charge in [0.15, 0.2) is 0 Å². The molecular formula is C32H50N4O2. The Morgan fingerprint density at radius 3 is 2.55 bits per heavy atom. The Balaban J connectivity index is 1.03. The summed E-state index contributed by atoms with van der Waals surface area (Å²) in [4.78, 5) is 25.9. The van der Waals surface area contributed by atoms with Crippen molar-refractivity contribution in [3.8, 4) is 0 Å². The number of anilines is 1. The van der Waals surface area contributed by atoms with E-state index in [4.69, 9.17) is 0 Å². The Labute approximate surface area is 230 Å². The standard InChI is InChI=1S/C32H50N4O2/c1-22(4-9-30(38)36-18-16-35(17-19-36)29-12-15-33-21-34-29)26-7-8-27-25-6-5-23-20-24(37)10-13-31(23,2)28(25)11-14-32(26,27)3/h12,15,21-28,37H,4-11,13-14,16-20H2,1-3H3/t22?,23-,24-,25-,26+,27-,28-,31-,32+/m0/s1. The van der Waals surface area contributed by atoms with Gasteiger partial charge in [0.05, 0.1) is 6.10 Å². The Morgan fingerprint density at radius 2 is 1.79 bits per heavy atom. The quantitative estimate of drug-likeness (QED) is 0.548. The third-order valence-corrected chi connectivity index (χ3v) is 12.7. The van der Waals surface area contributed by atoms with Crippen LogP contribution in [0.3, 0.4) is 0 Å². The molecule has 1 amide bonds. The fourth-order valence-corrected chi connectivity index (χ4v) is 10.6. The number of amides is 1. The van der Waals surface area contributed by atoms with Crippen molar-refractivity contribution in [2.24, 2.45) is 46.3 Å². The highest BCUT2D eigenvalue weighted by molar-refractivity contribution is 5.76. The number of aliphatic hydroxyl groups excluding tert-OH is 1. The van der Waals surface area contributed by atoms with Crippen molar-refractivity contribution < 1.29 is 9.90 Å². The number of hydrogen-bond donors (Lipinski definition) is 1. The largest absolute Gasteiger partial charge is 0.393 e. The van der Waals surface area contributed by atoms with Crippen molar-refractivity contribution >= 4 is 11.7 Å². The van der Waals surface area contributed by atoms with Gasteiger partial charge in [-0.1, -0.05) is 20.8 Å². The summed E-state index contributed by atoms with van der Waals surface area (Å²) in [6.45, 7) is 11.0. The third-order valence-electron chi connectivity index (χ3n) is 12.7. The number of nitrogens with zero attached hydrogens (tertiary/aromatic N) is 4. The van der Waals surface area contributed by atoms with Gasteiger partial charge in [-0.3, -0.25) is 4.79 Å². The summed E-state index contributed by atoms with van der Waals surface area (Å²) in [7, 11) is 0. The monoisotopic (exact) mass is 522 g/mol. The molecule has 2 heterocycles. The molecule has 1 aromatic heterocycles. The van der Waals surface area contributed by atoms with Gasteiger partial charge in [0.25, 0.3) is 0 Å². The summed E-state index contributed by atoms with van der Waals surface area (Å²) in [5.74, 6) is 6.03. The van der Waals surface area contributed by atoms with E-state index in [0.717, 1.165) is 80.8 Å². The molecule has 1 N–H and O–H groups in total. The SMILES string of the molecule is CC(CCC(=O)N1CCN(c2ccncn2)CC1)[C@H]1CC[C@H]2[C@@H]3CC[C@H]4C[C@@H](O)CC[C@]4(C)[C@H]3CC[C@]12C. The van der Waals surface area contributed by atoms with Gasteiger partial charge >= 0.3 is 0 Å². The molecule has 210 valence electrons. The number of fused-ring (bicyclic) bond motifs is 5. The van der Waals surface area contributed by atoms with Crippen molar-refractivity contribution in [3.05, 3.63) is 18.6 Å². The average molecular weight is 523 g/mol. The van der Waals surface area contributed by atoms with Crippen LogP contribution in [-0.2, 0) is 4.79 Å². The van der Waals surface area contributed by atoms with Crippen molar-refractivity contribution in [2.75, 3.05) is 31.1 Å². The molecule has 6 heteroatoms. The molecule has 0 aromatic carbocycles. The summed E-state index contributed by atoms with van der Waals surface area (Å²) in [6, 6.07) is 1.95. The lowest BCUT2D eigenvalue weighted by atomic mass is 9.44. The molecule has 9 atom stereocenters. The predicted octanol–water partition coefficient (Wildman–Crippen LogP) is 5.56. The molecule has 0 spiro atoms. The lowest BCUT2D eigenvalue weighted by Crippen LogP contribution is -2.54. The Bertz CT molecular complexity index is 981. The Hall–Kier alpha value is -1.69. The minimum atomic E-state index is -0.0554. The average Bonchev–Trinajstić information content (AvgIpc) is 3.30. The lowest BCUT2D eigenvalue weighted by molar-refractivity contribution is -0.133. The second-order valence-corrected chi connectivity index (χ2v) is 14.3. The number of rotatable bonds is 5. The molecule has 38 heavy (non-hydrogen) atoms. The first-order chi connectivity index (χ1) is 18.3. The van der Waals surface area contributed by atoms with Crippen molar-refractivity contribution in [3.63, 3.8) is 0 Å². The highest BCUT2D eigenvalue weighted by Crippen LogP contribution is 2.68. The van der Waals surface area contributed by atoms with E-state index in [1.165, 1.54) is 44.9 Å². The number of carbonyl (C=O) groups excluding carboxylic acids is 1. The maximum atomic E-state index is 13.2. The summed E-state index contributed by atoms with van der Waals surface area (Å²) >= 11 is 0. The highest BCUT2D eigenvalue weighted by atomic mass is 16.3. The topological polar surface area (TPSA) is 69.6 Å². The van der Waals surface area contributed by atoms with Crippen LogP contribution in [0.5, 0.6) is 0 Å². The van der Waals surface area contributed by atoms with Crippen molar-refractivity contribution in [2.45, 2.75) is 97.5 Å². The molecule has 1 saturated heterocycles. The number of piperazine rings is 1. The smallest absolute Gasteiger partial charge is 0.222 e. The van der Waals surface area contributed by atoms with Crippen LogP contribution in [0, 0.1) is 46.3 Å². The second-order valence-electron chi connectivity index (χ2n) is 14.3. The zero-order valence-corrected chi connectivity index (χ0v) is 24.0. The first-order valence-electron chi connectivity index (χ1n) is 15.8. The molecule has 6 rings (SSSR count). The normalized spacial score (nSPS) is 41.7. The van der Waals surface area contributed by atoms with Crippen LogP contribution in [0.15, 0.2) is 18.6 Å². The zero-order chi connectivity index (χ0) is 26.5. The minimum Gasteiger partial charge on any atom is -0.393 e. The van der Waals surface area contributed by atoms with Gasteiger partial charge in [-0.15, -0.1) is 0 Å². The highest BCUT2D eigenvalue weighted by Gasteiger charge is 2.60. The Morgan fingerprint density at radius 1 is 1.03 bits per heavy atom. The van der Waals surface area contributed by atoms with Crippen molar-refractivity contribution in [1.29, 1.82) is 0 Å². The van der Waals surface area contributed by atoms with Gasteiger partial charge in [-0.25, -0.2) is 9.97 Å². The minimum absolute atomic E-state index is 0.0554. The first-order valence-corrected chi connectivity index (χ1v) is 15.8. The van der Waals surface area contributed by atoms with Crippen LogP contribution >= 0.6 is 0 Å². The fraction of sp³-hybridized carbons (Fsp3) is 0.844. The zero-order valence-electron chi connectivity index (χ0n) is 24.0. The maximum Gasteiger partial charge on any atom is 0.222 e. The van der Waals surface area contributed by atoms with Gasteiger partial charge in [0.1, 0.15) is 12.1 Å². The molecule has 5 fully saturated rings. The maximum absolute atomic E-state index is 13.2. The van der Waals surface area contributed by atoms with Crippen LogP contribution < -0.4 is 4.90 Å². The third kappa shape index (κ3) is 4.57.